The van der Waals surface area contributed by atoms with Gasteiger partial charge in [0.2, 0.25) is 11.8 Å². The molecule has 0 bridgehead atoms. The van der Waals surface area contributed by atoms with Crippen LogP contribution in [0.4, 0.5) is 5.69 Å². The summed E-state index contributed by atoms with van der Waals surface area (Å²) in [5.41, 5.74) is 0.684. The van der Waals surface area contributed by atoms with Crippen molar-refractivity contribution in [2.24, 2.45) is 0 Å². The average Bonchev–Trinajstić information content (AvgIpc) is 3.16. The molecular weight excluding hydrogens is 344 g/mol. The van der Waals surface area contributed by atoms with Gasteiger partial charge in [0.05, 0.1) is 13.2 Å². The SMILES string of the molecule is CCN(CC)C(=O)CCCC(=O)Nc1ccc(OC)c(OC2CCCC2)c1. The molecule has 6 heteroatoms. The standard InChI is InChI=1S/C21H32N2O4/c1-4-23(5-2)21(25)12-8-11-20(24)22-16-13-14-18(26-3)19(15-16)27-17-9-6-7-10-17/h13-15,17H,4-12H2,1-3H3,(H,22,24). The second-order valence-electron chi connectivity index (χ2n) is 6.86. The molecule has 0 atom stereocenters. The van der Waals surface area contributed by atoms with Gasteiger partial charge in [-0.1, -0.05) is 0 Å². The first-order valence-electron chi connectivity index (χ1n) is 9.99. The molecule has 1 fully saturated rings. The molecule has 1 saturated carbocycles. The fraction of sp³-hybridized carbons (Fsp3) is 0.619. The third-order valence-corrected chi connectivity index (χ3v) is 4.95. The molecule has 0 unspecified atom stereocenters. The average molecular weight is 376 g/mol. The molecule has 0 aliphatic heterocycles. The fourth-order valence-electron chi connectivity index (χ4n) is 3.39. The van der Waals surface area contributed by atoms with E-state index in [2.05, 4.69) is 5.32 Å². The summed E-state index contributed by atoms with van der Waals surface area (Å²) in [6.07, 6.45) is 5.97. The predicted octanol–water partition coefficient (Wildman–Crippen LogP) is 3.99. The van der Waals surface area contributed by atoms with Crippen molar-refractivity contribution in [2.75, 3.05) is 25.5 Å². The van der Waals surface area contributed by atoms with Crippen LogP contribution in [-0.4, -0.2) is 43.0 Å². The van der Waals surface area contributed by atoms with E-state index in [1.54, 1.807) is 18.1 Å². The minimum absolute atomic E-state index is 0.0978. The number of hydrogen-bond acceptors (Lipinski definition) is 4. The highest BCUT2D eigenvalue weighted by Crippen LogP contribution is 2.34. The van der Waals surface area contributed by atoms with E-state index < -0.39 is 0 Å². The Balaban J connectivity index is 1.86. The maximum Gasteiger partial charge on any atom is 0.224 e. The molecule has 1 N–H and O–H groups in total. The lowest BCUT2D eigenvalue weighted by molar-refractivity contribution is -0.130. The normalized spacial score (nSPS) is 14.0. The summed E-state index contributed by atoms with van der Waals surface area (Å²) in [4.78, 5) is 26.0. The van der Waals surface area contributed by atoms with Crippen LogP contribution in [0.25, 0.3) is 0 Å². The molecule has 0 radical (unpaired) electrons. The summed E-state index contributed by atoms with van der Waals surface area (Å²) in [5.74, 6) is 1.34. The fourth-order valence-corrected chi connectivity index (χ4v) is 3.39. The lowest BCUT2D eigenvalue weighted by Crippen LogP contribution is -2.30. The van der Waals surface area contributed by atoms with E-state index in [1.165, 1.54) is 12.8 Å². The number of carbonyl (C=O) groups excluding carboxylic acids is 2. The first-order valence-corrected chi connectivity index (χ1v) is 9.99. The van der Waals surface area contributed by atoms with Crippen molar-refractivity contribution in [3.05, 3.63) is 18.2 Å². The number of carbonyl (C=O) groups is 2. The quantitative estimate of drug-likeness (QED) is 0.670. The summed E-state index contributed by atoms with van der Waals surface area (Å²) < 4.78 is 11.4. The molecule has 150 valence electrons. The Hall–Kier alpha value is -2.24. The van der Waals surface area contributed by atoms with E-state index in [9.17, 15) is 9.59 Å². The smallest absolute Gasteiger partial charge is 0.224 e. The summed E-state index contributed by atoms with van der Waals surface area (Å²) in [6, 6.07) is 5.43. The van der Waals surface area contributed by atoms with Crippen molar-refractivity contribution in [1.29, 1.82) is 0 Å². The Morgan fingerprint density at radius 2 is 1.81 bits per heavy atom. The van der Waals surface area contributed by atoms with E-state index in [4.69, 9.17) is 9.47 Å². The predicted molar refractivity (Wildman–Crippen MR) is 106 cm³/mol. The minimum atomic E-state index is -0.0978. The van der Waals surface area contributed by atoms with Gasteiger partial charge in [-0.05, 0) is 58.1 Å². The molecule has 0 saturated heterocycles. The number of hydrogen-bond donors (Lipinski definition) is 1. The third kappa shape index (κ3) is 6.45. The first-order chi connectivity index (χ1) is 13.1. The van der Waals surface area contributed by atoms with Crippen molar-refractivity contribution in [3.8, 4) is 11.5 Å². The molecule has 0 spiro atoms. The Kier molecular flexibility index (Phi) is 8.43. The van der Waals surface area contributed by atoms with E-state index in [0.717, 1.165) is 12.8 Å². The van der Waals surface area contributed by atoms with Gasteiger partial charge in [-0.15, -0.1) is 0 Å². The maximum absolute atomic E-state index is 12.2. The number of nitrogens with one attached hydrogen (secondary N) is 1. The van der Waals surface area contributed by atoms with Crippen molar-refractivity contribution in [2.45, 2.75) is 64.9 Å². The summed E-state index contributed by atoms with van der Waals surface area (Å²) in [5, 5.41) is 2.89. The van der Waals surface area contributed by atoms with Gasteiger partial charge in [-0.2, -0.15) is 0 Å². The zero-order valence-electron chi connectivity index (χ0n) is 16.8. The number of anilines is 1. The Labute approximate surface area is 162 Å². The monoisotopic (exact) mass is 376 g/mol. The zero-order chi connectivity index (χ0) is 19.6. The second-order valence-corrected chi connectivity index (χ2v) is 6.86. The number of nitrogens with zero attached hydrogens (tertiary/aromatic N) is 1. The van der Waals surface area contributed by atoms with Crippen LogP contribution in [-0.2, 0) is 9.59 Å². The molecule has 0 heterocycles. The first kappa shape index (κ1) is 21.1. The van der Waals surface area contributed by atoms with E-state index in [-0.39, 0.29) is 17.9 Å². The van der Waals surface area contributed by atoms with Crippen molar-refractivity contribution >= 4 is 17.5 Å². The van der Waals surface area contributed by atoms with Crippen molar-refractivity contribution in [3.63, 3.8) is 0 Å². The Morgan fingerprint density at radius 1 is 1.11 bits per heavy atom. The van der Waals surface area contributed by atoms with Gasteiger partial charge in [0.15, 0.2) is 11.5 Å². The van der Waals surface area contributed by atoms with Crippen molar-refractivity contribution in [1.82, 2.24) is 4.90 Å². The largest absolute Gasteiger partial charge is 0.493 e. The Bertz CT molecular complexity index is 623. The van der Waals surface area contributed by atoms with Gasteiger partial charge < -0.3 is 19.7 Å². The number of amides is 2. The maximum atomic E-state index is 12.2. The molecule has 2 amide bonds. The highest BCUT2D eigenvalue weighted by molar-refractivity contribution is 5.91. The van der Waals surface area contributed by atoms with Gasteiger partial charge >= 0.3 is 0 Å². The summed E-state index contributed by atoms with van der Waals surface area (Å²) in [7, 11) is 1.61. The van der Waals surface area contributed by atoms with E-state index in [0.29, 0.717) is 49.5 Å². The molecule has 6 nitrogen and oxygen atoms in total. The highest BCUT2D eigenvalue weighted by atomic mass is 16.5. The van der Waals surface area contributed by atoms with Crippen LogP contribution in [0.3, 0.4) is 0 Å². The molecule has 0 aromatic heterocycles. The van der Waals surface area contributed by atoms with Crippen LogP contribution in [0.5, 0.6) is 11.5 Å². The number of benzene rings is 1. The molecule has 1 aliphatic rings. The lowest BCUT2D eigenvalue weighted by Gasteiger charge is -2.18. The van der Waals surface area contributed by atoms with Gasteiger partial charge in [0, 0.05) is 37.7 Å². The summed E-state index contributed by atoms with van der Waals surface area (Å²) >= 11 is 0. The summed E-state index contributed by atoms with van der Waals surface area (Å²) in [6.45, 7) is 5.33. The number of methoxy groups -OCH3 is 1. The van der Waals surface area contributed by atoms with E-state index in [1.807, 2.05) is 26.0 Å². The van der Waals surface area contributed by atoms with Crippen LogP contribution >= 0.6 is 0 Å². The molecule has 27 heavy (non-hydrogen) atoms. The molecule has 2 rings (SSSR count). The molecule has 1 aliphatic carbocycles. The van der Waals surface area contributed by atoms with Gasteiger partial charge in [0.25, 0.3) is 0 Å². The van der Waals surface area contributed by atoms with Crippen LogP contribution < -0.4 is 14.8 Å². The highest BCUT2D eigenvalue weighted by Gasteiger charge is 2.19. The van der Waals surface area contributed by atoms with Crippen LogP contribution in [0.2, 0.25) is 0 Å². The topological polar surface area (TPSA) is 67.9 Å². The number of ether oxygens (including phenoxy) is 2. The zero-order valence-corrected chi connectivity index (χ0v) is 16.8. The lowest BCUT2D eigenvalue weighted by atomic mass is 10.2. The van der Waals surface area contributed by atoms with Gasteiger partial charge in [-0.3, -0.25) is 9.59 Å². The third-order valence-electron chi connectivity index (χ3n) is 4.95. The molecule has 1 aromatic carbocycles. The Morgan fingerprint density at radius 3 is 2.44 bits per heavy atom. The van der Waals surface area contributed by atoms with Crippen LogP contribution in [0.15, 0.2) is 18.2 Å². The van der Waals surface area contributed by atoms with Crippen molar-refractivity contribution < 1.29 is 19.1 Å². The minimum Gasteiger partial charge on any atom is -0.493 e. The van der Waals surface area contributed by atoms with Gasteiger partial charge in [0.1, 0.15) is 0 Å². The van der Waals surface area contributed by atoms with Gasteiger partial charge in [-0.25, -0.2) is 0 Å². The van der Waals surface area contributed by atoms with Crippen LogP contribution in [0, 0.1) is 0 Å². The molecule has 1 aromatic rings. The van der Waals surface area contributed by atoms with E-state index >= 15 is 0 Å². The van der Waals surface area contributed by atoms with Crippen LogP contribution in [0.1, 0.15) is 58.8 Å². The molecular formula is C21H32N2O4. The number of rotatable bonds is 10. The second kappa shape index (κ2) is 10.8.